The lowest BCUT2D eigenvalue weighted by atomic mass is 9.93. The molecule has 3 N–H and O–H groups in total. The fraction of sp³-hybridized carbons (Fsp3) is 0.517. The Morgan fingerprint density at radius 1 is 1.02 bits per heavy atom. The van der Waals surface area contributed by atoms with Crippen LogP contribution >= 0.6 is 0 Å². The molecule has 8 bridgehead atoms. The van der Waals surface area contributed by atoms with Crippen LogP contribution in [0, 0.1) is 5.92 Å². The first-order valence-electron chi connectivity index (χ1n) is 14.4. The van der Waals surface area contributed by atoms with Crippen LogP contribution in [0.2, 0.25) is 0 Å². The maximum absolute atomic E-state index is 12.4. The van der Waals surface area contributed by atoms with Gasteiger partial charge in [-0.15, -0.1) is 0 Å². The topological polar surface area (TPSA) is 124 Å². The van der Waals surface area contributed by atoms with Crippen LogP contribution in [0.1, 0.15) is 38.5 Å². The van der Waals surface area contributed by atoms with Crippen LogP contribution in [0.5, 0.6) is 0 Å². The zero-order valence-corrected chi connectivity index (χ0v) is 23.6. The number of piperidine rings is 2. The van der Waals surface area contributed by atoms with Gasteiger partial charge in [-0.05, 0) is 74.8 Å². The number of anilines is 3. The molecule has 3 aromatic rings. The molecule has 2 saturated heterocycles. The van der Waals surface area contributed by atoms with Gasteiger partial charge in [-0.2, -0.15) is 0 Å². The van der Waals surface area contributed by atoms with Crippen LogP contribution in [-0.4, -0.2) is 79.7 Å². The maximum atomic E-state index is 12.4. The zero-order valence-electron chi connectivity index (χ0n) is 22.8. The summed E-state index contributed by atoms with van der Waals surface area (Å²) in [6, 6.07) is 9.68. The van der Waals surface area contributed by atoms with Crippen molar-refractivity contribution in [3.8, 4) is 22.6 Å². The number of sulfonamides is 1. The Bertz CT molecular complexity index is 1420. The minimum Gasteiger partial charge on any atom is -0.395 e. The summed E-state index contributed by atoms with van der Waals surface area (Å²) in [5, 5.41) is 9.15. The second kappa shape index (κ2) is 11.8. The summed E-state index contributed by atoms with van der Waals surface area (Å²) in [6.45, 7) is 4.03. The number of aromatic amines is 1. The first kappa shape index (κ1) is 27.0. The lowest BCUT2D eigenvalue weighted by Crippen LogP contribution is -2.37. The van der Waals surface area contributed by atoms with Gasteiger partial charge in [0, 0.05) is 55.8 Å². The molecule has 6 heterocycles. The molecule has 0 spiro atoms. The summed E-state index contributed by atoms with van der Waals surface area (Å²) >= 11 is 0. The molecule has 2 aromatic heterocycles. The molecule has 40 heavy (non-hydrogen) atoms. The predicted molar refractivity (Wildman–Crippen MR) is 157 cm³/mol. The van der Waals surface area contributed by atoms with E-state index in [-0.39, 0.29) is 11.9 Å². The molecule has 2 fully saturated rings. The third kappa shape index (κ3) is 6.11. The number of H-pyrrole nitrogens is 1. The SMILES string of the molecule is O=S(=O)(CCO)Nc1ccc2c(c1)N1CCC(CC1)OCCCC1CCCN(C1)c1cc(ccn1)-c1ncc-2[nH]1. The van der Waals surface area contributed by atoms with Crippen molar-refractivity contribution in [2.75, 3.05) is 59.7 Å². The molecule has 1 unspecified atom stereocenters. The van der Waals surface area contributed by atoms with Crippen LogP contribution in [0.4, 0.5) is 17.2 Å². The molecular formula is C29H38N6O4S. The van der Waals surface area contributed by atoms with Gasteiger partial charge in [0.15, 0.2) is 0 Å². The molecule has 10 nitrogen and oxygen atoms in total. The summed E-state index contributed by atoms with van der Waals surface area (Å²) in [4.78, 5) is 17.6. The van der Waals surface area contributed by atoms with Gasteiger partial charge < -0.3 is 24.6 Å². The Balaban J connectivity index is 1.37. The molecule has 0 radical (unpaired) electrons. The van der Waals surface area contributed by atoms with Gasteiger partial charge in [0.1, 0.15) is 11.6 Å². The average Bonchev–Trinajstić information content (AvgIpc) is 3.46. The van der Waals surface area contributed by atoms with Crippen molar-refractivity contribution in [1.29, 1.82) is 0 Å². The van der Waals surface area contributed by atoms with Crippen molar-refractivity contribution in [2.45, 2.75) is 44.6 Å². The van der Waals surface area contributed by atoms with Gasteiger partial charge in [-0.1, -0.05) is 0 Å². The van der Waals surface area contributed by atoms with E-state index in [2.05, 4.69) is 25.6 Å². The number of nitrogens with one attached hydrogen (secondary N) is 2. The first-order chi connectivity index (χ1) is 19.5. The number of ether oxygens (including phenoxy) is 1. The maximum Gasteiger partial charge on any atom is 0.234 e. The molecule has 11 heteroatoms. The third-order valence-electron chi connectivity index (χ3n) is 8.25. The molecule has 214 valence electrons. The number of hydrogen-bond acceptors (Lipinski definition) is 8. The smallest absolute Gasteiger partial charge is 0.234 e. The lowest BCUT2D eigenvalue weighted by Gasteiger charge is -2.35. The quantitative estimate of drug-likeness (QED) is 0.435. The first-order valence-corrected chi connectivity index (χ1v) is 16.0. The van der Waals surface area contributed by atoms with Crippen molar-refractivity contribution >= 4 is 27.2 Å². The molecular weight excluding hydrogens is 528 g/mol. The summed E-state index contributed by atoms with van der Waals surface area (Å²) in [7, 11) is -3.64. The standard InChI is InChI=1S/C29H38N6O4S/c36-14-16-40(37,38)33-23-5-6-25-26-19-31-29(32-26)22-7-10-30-28(17-22)35-11-1-3-21(20-35)4-2-15-39-24-8-12-34(13-9-24)27(25)18-23/h5-7,10,17-19,21,24,33,36H,1-4,8-9,11-16,20H2,(H,31,32). The fourth-order valence-corrected chi connectivity index (χ4v) is 7.00. The van der Waals surface area contributed by atoms with Gasteiger partial charge in [0.25, 0.3) is 0 Å². The number of nitrogens with zero attached hydrogens (tertiary/aromatic N) is 4. The van der Waals surface area contributed by atoms with Gasteiger partial charge in [-0.25, -0.2) is 18.4 Å². The van der Waals surface area contributed by atoms with Crippen LogP contribution in [0.15, 0.2) is 42.7 Å². The zero-order chi connectivity index (χ0) is 27.5. The fourth-order valence-electron chi connectivity index (χ4n) is 6.17. The van der Waals surface area contributed by atoms with Gasteiger partial charge in [-0.3, -0.25) is 4.72 Å². The van der Waals surface area contributed by atoms with E-state index in [9.17, 15) is 8.42 Å². The van der Waals surface area contributed by atoms with Crippen LogP contribution in [0.25, 0.3) is 22.6 Å². The van der Waals surface area contributed by atoms with Gasteiger partial charge in [0.2, 0.25) is 10.0 Å². The highest BCUT2D eigenvalue weighted by atomic mass is 32.2. The number of aliphatic hydroxyl groups excluding tert-OH is 1. The van der Waals surface area contributed by atoms with Crippen LogP contribution < -0.4 is 14.5 Å². The van der Waals surface area contributed by atoms with E-state index in [1.807, 2.05) is 30.6 Å². The number of imidazole rings is 1. The van der Waals surface area contributed by atoms with Gasteiger partial charge in [0.05, 0.1) is 36.0 Å². The van der Waals surface area contributed by atoms with Crippen molar-refractivity contribution in [3.63, 3.8) is 0 Å². The van der Waals surface area contributed by atoms with Crippen LogP contribution in [-0.2, 0) is 14.8 Å². The monoisotopic (exact) mass is 566 g/mol. The number of benzene rings is 1. The number of aliphatic hydroxyl groups is 1. The molecule has 7 rings (SSSR count). The molecule has 1 aromatic carbocycles. The van der Waals surface area contributed by atoms with Crippen molar-refractivity contribution in [2.24, 2.45) is 5.92 Å². The Labute approximate surface area is 235 Å². The van der Waals surface area contributed by atoms with E-state index in [0.29, 0.717) is 11.6 Å². The Morgan fingerprint density at radius 3 is 2.73 bits per heavy atom. The molecule has 0 aliphatic carbocycles. The number of pyridine rings is 1. The minimum absolute atomic E-state index is 0.236. The van der Waals surface area contributed by atoms with E-state index in [4.69, 9.17) is 19.8 Å². The van der Waals surface area contributed by atoms with Crippen LogP contribution in [0.3, 0.4) is 0 Å². The highest BCUT2D eigenvalue weighted by molar-refractivity contribution is 7.92. The third-order valence-corrected chi connectivity index (χ3v) is 9.52. The predicted octanol–water partition coefficient (Wildman–Crippen LogP) is 3.87. The van der Waals surface area contributed by atoms with E-state index < -0.39 is 16.6 Å². The summed E-state index contributed by atoms with van der Waals surface area (Å²) < 4.78 is 33.7. The van der Waals surface area contributed by atoms with Crippen molar-refractivity contribution in [3.05, 3.63) is 42.7 Å². The second-order valence-electron chi connectivity index (χ2n) is 11.1. The average molecular weight is 567 g/mol. The largest absolute Gasteiger partial charge is 0.395 e. The van der Waals surface area contributed by atoms with E-state index in [0.717, 1.165) is 86.2 Å². The highest BCUT2D eigenvalue weighted by Crippen LogP contribution is 2.36. The molecule has 4 aliphatic heterocycles. The normalized spacial score (nSPS) is 21.7. The summed E-state index contributed by atoms with van der Waals surface area (Å²) in [5.74, 6) is 2.07. The molecule has 1 atom stereocenters. The number of fused-ring (bicyclic) bond motifs is 5. The number of hydrogen-bond donors (Lipinski definition) is 3. The highest BCUT2D eigenvalue weighted by Gasteiger charge is 2.25. The van der Waals surface area contributed by atoms with E-state index in [1.165, 1.54) is 19.3 Å². The molecule has 4 aliphatic rings. The number of rotatable bonds is 4. The Hall–Kier alpha value is -3.15. The van der Waals surface area contributed by atoms with Crippen molar-refractivity contribution in [1.82, 2.24) is 15.0 Å². The molecule has 0 saturated carbocycles. The number of aromatic nitrogens is 3. The van der Waals surface area contributed by atoms with E-state index in [1.54, 1.807) is 6.07 Å². The van der Waals surface area contributed by atoms with Crippen molar-refractivity contribution < 1.29 is 18.3 Å². The minimum atomic E-state index is -3.64. The Morgan fingerprint density at radius 2 is 1.88 bits per heavy atom. The van der Waals surface area contributed by atoms with Gasteiger partial charge >= 0.3 is 0 Å². The summed E-state index contributed by atoms with van der Waals surface area (Å²) in [5.41, 5.74) is 4.21. The lowest BCUT2D eigenvalue weighted by molar-refractivity contribution is 0.0330. The molecule has 0 amide bonds. The Kier molecular flexibility index (Phi) is 7.95. The second-order valence-corrected chi connectivity index (χ2v) is 12.9. The summed E-state index contributed by atoms with van der Waals surface area (Å²) in [6.07, 6.45) is 10.4. The van der Waals surface area contributed by atoms with E-state index >= 15 is 0 Å².